The molecule has 25 heavy (non-hydrogen) atoms. The number of esters is 1. The summed E-state index contributed by atoms with van der Waals surface area (Å²) in [5.41, 5.74) is 0.972. The summed E-state index contributed by atoms with van der Waals surface area (Å²) < 4.78 is 6.89. The SMILES string of the molecule is COC(=O)[C@H]1[C@H](CO)[C@H]2Cn3c(cccc3=O)[C@H]2N1CC1CCCC1. The Morgan fingerprint density at radius 1 is 1.32 bits per heavy atom. The van der Waals surface area contributed by atoms with Crippen molar-refractivity contribution >= 4 is 5.97 Å². The zero-order chi connectivity index (χ0) is 17.6. The number of aliphatic hydroxyl groups is 1. The molecule has 1 saturated carbocycles. The summed E-state index contributed by atoms with van der Waals surface area (Å²) in [6.07, 6.45) is 4.87. The second-order valence-electron chi connectivity index (χ2n) is 7.67. The van der Waals surface area contributed by atoms with Gasteiger partial charge in [-0.3, -0.25) is 14.5 Å². The van der Waals surface area contributed by atoms with E-state index in [1.54, 1.807) is 12.1 Å². The average Bonchev–Trinajstić information content (AvgIpc) is 3.31. The number of pyridine rings is 1. The van der Waals surface area contributed by atoms with Crippen LogP contribution >= 0.6 is 0 Å². The third-order valence-corrected chi connectivity index (χ3v) is 6.45. The molecule has 6 heteroatoms. The number of fused-ring (bicyclic) bond motifs is 3. The lowest BCUT2D eigenvalue weighted by atomic mass is 9.88. The van der Waals surface area contributed by atoms with Gasteiger partial charge in [-0.1, -0.05) is 18.9 Å². The first kappa shape index (κ1) is 16.8. The molecule has 136 valence electrons. The van der Waals surface area contributed by atoms with E-state index in [-0.39, 0.29) is 36.0 Å². The number of methoxy groups -OCH3 is 1. The fourth-order valence-electron chi connectivity index (χ4n) is 5.34. The summed E-state index contributed by atoms with van der Waals surface area (Å²) in [6, 6.07) is 4.95. The molecule has 6 nitrogen and oxygen atoms in total. The quantitative estimate of drug-likeness (QED) is 0.829. The van der Waals surface area contributed by atoms with Crippen LogP contribution in [0.2, 0.25) is 0 Å². The van der Waals surface area contributed by atoms with Gasteiger partial charge in [-0.2, -0.15) is 0 Å². The van der Waals surface area contributed by atoms with E-state index in [2.05, 4.69) is 4.90 Å². The third-order valence-electron chi connectivity index (χ3n) is 6.45. The number of ether oxygens (including phenoxy) is 1. The molecule has 1 aliphatic carbocycles. The van der Waals surface area contributed by atoms with Gasteiger partial charge in [0.05, 0.1) is 13.2 Å². The van der Waals surface area contributed by atoms with Crippen LogP contribution in [0, 0.1) is 17.8 Å². The van der Waals surface area contributed by atoms with Crippen LogP contribution < -0.4 is 5.56 Å². The van der Waals surface area contributed by atoms with Crippen LogP contribution in [0.15, 0.2) is 23.0 Å². The Morgan fingerprint density at radius 3 is 2.76 bits per heavy atom. The smallest absolute Gasteiger partial charge is 0.323 e. The number of carbonyl (C=O) groups excluding carboxylic acids is 1. The number of hydrogen-bond acceptors (Lipinski definition) is 5. The maximum atomic E-state index is 12.5. The van der Waals surface area contributed by atoms with Crippen molar-refractivity contribution in [2.75, 3.05) is 20.3 Å². The summed E-state index contributed by atoms with van der Waals surface area (Å²) in [6.45, 7) is 1.34. The molecule has 0 amide bonds. The zero-order valence-corrected chi connectivity index (χ0v) is 14.6. The fourth-order valence-corrected chi connectivity index (χ4v) is 5.34. The lowest BCUT2D eigenvalue weighted by Gasteiger charge is -2.31. The van der Waals surface area contributed by atoms with Crippen molar-refractivity contribution in [3.63, 3.8) is 0 Å². The van der Waals surface area contributed by atoms with Crippen LogP contribution in [-0.2, 0) is 16.1 Å². The van der Waals surface area contributed by atoms with E-state index in [0.717, 1.165) is 12.2 Å². The van der Waals surface area contributed by atoms with Gasteiger partial charge in [0.15, 0.2) is 0 Å². The van der Waals surface area contributed by atoms with Gasteiger partial charge < -0.3 is 14.4 Å². The maximum absolute atomic E-state index is 12.5. The molecule has 2 aliphatic heterocycles. The monoisotopic (exact) mass is 346 g/mol. The van der Waals surface area contributed by atoms with E-state index in [1.165, 1.54) is 32.8 Å². The van der Waals surface area contributed by atoms with Crippen molar-refractivity contribution in [3.05, 3.63) is 34.2 Å². The lowest BCUT2D eigenvalue weighted by Crippen LogP contribution is -2.45. The molecular weight excluding hydrogens is 320 g/mol. The Bertz CT molecular complexity index is 710. The average molecular weight is 346 g/mol. The third kappa shape index (κ3) is 2.62. The molecule has 4 atom stereocenters. The molecule has 2 fully saturated rings. The lowest BCUT2D eigenvalue weighted by molar-refractivity contribution is -0.148. The number of hydrogen-bond donors (Lipinski definition) is 1. The van der Waals surface area contributed by atoms with Gasteiger partial charge in [0.1, 0.15) is 6.04 Å². The van der Waals surface area contributed by atoms with E-state index in [0.29, 0.717) is 12.5 Å². The molecule has 1 aromatic heterocycles. The van der Waals surface area contributed by atoms with Gasteiger partial charge in [-0.15, -0.1) is 0 Å². The van der Waals surface area contributed by atoms with Crippen LogP contribution in [0.5, 0.6) is 0 Å². The summed E-state index contributed by atoms with van der Waals surface area (Å²) in [4.78, 5) is 27.0. The van der Waals surface area contributed by atoms with Gasteiger partial charge in [0.25, 0.3) is 5.56 Å². The highest BCUT2D eigenvalue weighted by Gasteiger charge is 2.56. The minimum Gasteiger partial charge on any atom is -0.468 e. The second-order valence-corrected chi connectivity index (χ2v) is 7.67. The zero-order valence-electron chi connectivity index (χ0n) is 14.6. The van der Waals surface area contributed by atoms with Crippen molar-refractivity contribution in [2.45, 2.75) is 44.3 Å². The highest BCUT2D eigenvalue weighted by molar-refractivity contribution is 5.77. The van der Waals surface area contributed by atoms with Gasteiger partial charge in [0.2, 0.25) is 0 Å². The van der Waals surface area contributed by atoms with E-state index in [9.17, 15) is 14.7 Å². The predicted octanol–water partition coefficient (Wildman–Crippen LogP) is 1.18. The fraction of sp³-hybridized carbons (Fsp3) is 0.684. The van der Waals surface area contributed by atoms with Gasteiger partial charge in [-0.25, -0.2) is 0 Å². The first-order valence-corrected chi connectivity index (χ1v) is 9.30. The summed E-state index contributed by atoms with van der Waals surface area (Å²) in [5.74, 6) is 0.190. The topological polar surface area (TPSA) is 71.8 Å². The molecule has 4 rings (SSSR count). The number of likely N-dealkylation sites (tertiary alicyclic amines) is 1. The Kier molecular flexibility index (Phi) is 4.41. The molecule has 0 aromatic carbocycles. The maximum Gasteiger partial charge on any atom is 0.323 e. The Hall–Kier alpha value is -1.66. The van der Waals surface area contributed by atoms with E-state index < -0.39 is 6.04 Å². The minimum absolute atomic E-state index is 0.000903. The Balaban J connectivity index is 1.74. The Morgan fingerprint density at radius 2 is 2.08 bits per heavy atom. The number of aromatic nitrogens is 1. The standard InChI is InChI=1S/C19H26N2O4/c1-25-19(24)18-14(11-22)13-10-20-15(7-4-8-16(20)23)17(13)21(18)9-12-5-2-3-6-12/h4,7-8,12-14,17-18,22H,2-3,5-6,9-11H2,1H3/t13-,14-,17+,18-/m1/s1. The van der Waals surface area contributed by atoms with Crippen LogP contribution in [0.1, 0.15) is 37.4 Å². The molecule has 3 aliphatic rings. The molecule has 0 bridgehead atoms. The predicted molar refractivity (Wildman–Crippen MR) is 92.0 cm³/mol. The highest BCUT2D eigenvalue weighted by atomic mass is 16.5. The highest BCUT2D eigenvalue weighted by Crippen LogP contribution is 2.50. The molecule has 1 saturated heterocycles. The minimum atomic E-state index is -0.422. The molecule has 0 unspecified atom stereocenters. The van der Waals surface area contributed by atoms with Crippen molar-refractivity contribution in [1.82, 2.24) is 9.47 Å². The number of rotatable bonds is 4. The van der Waals surface area contributed by atoms with Crippen LogP contribution in [-0.4, -0.2) is 46.8 Å². The van der Waals surface area contributed by atoms with Gasteiger partial charge in [-0.05, 0) is 24.8 Å². The van der Waals surface area contributed by atoms with E-state index >= 15 is 0 Å². The van der Waals surface area contributed by atoms with Crippen LogP contribution in [0.4, 0.5) is 0 Å². The molecular formula is C19H26N2O4. The van der Waals surface area contributed by atoms with Gasteiger partial charge >= 0.3 is 5.97 Å². The first-order valence-electron chi connectivity index (χ1n) is 9.30. The number of carbonyl (C=O) groups is 1. The number of nitrogens with zero attached hydrogens (tertiary/aromatic N) is 2. The van der Waals surface area contributed by atoms with Crippen LogP contribution in [0.3, 0.4) is 0 Å². The molecule has 1 aromatic rings. The van der Waals surface area contributed by atoms with E-state index in [4.69, 9.17) is 4.74 Å². The van der Waals surface area contributed by atoms with Crippen molar-refractivity contribution < 1.29 is 14.6 Å². The molecule has 3 heterocycles. The normalized spacial score (nSPS) is 31.9. The van der Waals surface area contributed by atoms with Crippen molar-refractivity contribution in [3.8, 4) is 0 Å². The van der Waals surface area contributed by atoms with Crippen LogP contribution in [0.25, 0.3) is 0 Å². The van der Waals surface area contributed by atoms with Crippen molar-refractivity contribution in [2.24, 2.45) is 17.8 Å². The molecule has 0 spiro atoms. The van der Waals surface area contributed by atoms with Crippen molar-refractivity contribution in [1.29, 1.82) is 0 Å². The summed E-state index contributed by atoms with van der Waals surface area (Å²) in [5, 5.41) is 10.0. The largest absolute Gasteiger partial charge is 0.468 e. The summed E-state index contributed by atoms with van der Waals surface area (Å²) >= 11 is 0. The first-order chi connectivity index (χ1) is 12.2. The Labute approximate surface area is 147 Å². The number of aliphatic hydroxyl groups excluding tert-OH is 1. The summed E-state index contributed by atoms with van der Waals surface area (Å²) in [7, 11) is 1.41. The van der Waals surface area contributed by atoms with Gasteiger partial charge in [0, 0.05) is 43.3 Å². The molecule has 0 radical (unpaired) electrons. The van der Waals surface area contributed by atoms with E-state index in [1.807, 2.05) is 10.6 Å². The second kappa shape index (κ2) is 6.57. The molecule has 1 N–H and O–H groups in total.